The molecule has 4 rings (SSSR count). The Balaban J connectivity index is 1.32. The van der Waals surface area contributed by atoms with Crippen molar-refractivity contribution in [1.82, 2.24) is 4.90 Å². The lowest BCUT2D eigenvalue weighted by Crippen LogP contribution is -2.40. The molecule has 0 aliphatic carbocycles. The van der Waals surface area contributed by atoms with Crippen molar-refractivity contribution in [3.63, 3.8) is 0 Å². The van der Waals surface area contributed by atoms with Gasteiger partial charge in [-0.1, -0.05) is 78.4 Å². The number of rotatable bonds is 6. The molecule has 0 atom stereocenters. The first-order valence-corrected chi connectivity index (χ1v) is 10.9. The van der Waals surface area contributed by atoms with Crippen LogP contribution in [0.5, 0.6) is 0 Å². The summed E-state index contributed by atoms with van der Waals surface area (Å²) in [7, 11) is 0. The van der Waals surface area contributed by atoms with Gasteiger partial charge in [-0.15, -0.1) is 0 Å². The molecule has 1 N–H and O–H groups in total. The molecule has 31 heavy (non-hydrogen) atoms. The Morgan fingerprint density at radius 2 is 1.52 bits per heavy atom. The molecular formula is C27H28N2O2. The highest BCUT2D eigenvalue weighted by molar-refractivity contribution is 5.98. The van der Waals surface area contributed by atoms with Gasteiger partial charge in [-0.25, -0.2) is 0 Å². The third-order valence-corrected chi connectivity index (χ3v) is 5.95. The van der Waals surface area contributed by atoms with Gasteiger partial charge >= 0.3 is 0 Å². The van der Waals surface area contributed by atoms with Crippen LogP contribution < -0.4 is 5.32 Å². The summed E-state index contributed by atoms with van der Waals surface area (Å²) < 4.78 is 0. The number of ketones is 1. The summed E-state index contributed by atoms with van der Waals surface area (Å²) >= 11 is 0. The van der Waals surface area contributed by atoms with Crippen LogP contribution in [-0.4, -0.2) is 36.2 Å². The fraction of sp³-hybridized carbons (Fsp3) is 0.259. The van der Waals surface area contributed by atoms with Crippen LogP contribution >= 0.6 is 0 Å². The average Bonchev–Trinajstić information content (AvgIpc) is 2.80. The second kappa shape index (κ2) is 9.71. The molecule has 4 heteroatoms. The number of anilines is 1. The van der Waals surface area contributed by atoms with Gasteiger partial charge in [-0.3, -0.25) is 14.5 Å². The average molecular weight is 413 g/mol. The standard InChI is InChI=1S/C27H28N2O2/c1-20-11-13-22(14-12-20)27(31)23-15-17-29(18-16-23)19-26(30)28-25-10-6-5-9-24(25)21-7-3-2-4-8-21/h2-14,23H,15-19H2,1H3,(H,28,30). The fourth-order valence-corrected chi connectivity index (χ4v) is 4.16. The van der Waals surface area contributed by atoms with Gasteiger partial charge in [0.25, 0.3) is 0 Å². The smallest absolute Gasteiger partial charge is 0.238 e. The molecule has 0 radical (unpaired) electrons. The van der Waals surface area contributed by atoms with Gasteiger partial charge in [0.1, 0.15) is 0 Å². The minimum absolute atomic E-state index is 0.0216. The van der Waals surface area contributed by atoms with Crippen LogP contribution in [0.2, 0.25) is 0 Å². The van der Waals surface area contributed by atoms with E-state index in [0.717, 1.165) is 53.9 Å². The maximum absolute atomic E-state index is 12.8. The zero-order valence-electron chi connectivity index (χ0n) is 17.9. The molecule has 0 unspecified atom stereocenters. The number of aryl methyl sites for hydroxylation is 1. The van der Waals surface area contributed by atoms with Crippen molar-refractivity contribution in [2.75, 3.05) is 25.0 Å². The third-order valence-electron chi connectivity index (χ3n) is 5.95. The lowest BCUT2D eigenvalue weighted by atomic mass is 9.88. The molecule has 1 saturated heterocycles. The van der Waals surface area contributed by atoms with Crippen molar-refractivity contribution in [1.29, 1.82) is 0 Å². The van der Waals surface area contributed by atoms with E-state index >= 15 is 0 Å². The molecule has 3 aromatic rings. The number of hydrogen-bond donors (Lipinski definition) is 1. The van der Waals surface area contributed by atoms with Crippen LogP contribution in [0.15, 0.2) is 78.9 Å². The van der Waals surface area contributed by atoms with Crippen molar-refractivity contribution in [3.8, 4) is 11.1 Å². The molecule has 1 aliphatic rings. The highest BCUT2D eigenvalue weighted by Gasteiger charge is 2.26. The molecule has 0 aromatic heterocycles. The number of hydrogen-bond acceptors (Lipinski definition) is 3. The molecule has 0 saturated carbocycles. The number of nitrogens with zero attached hydrogens (tertiary/aromatic N) is 1. The fourth-order valence-electron chi connectivity index (χ4n) is 4.16. The SMILES string of the molecule is Cc1ccc(C(=O)C2CCN(CC(=O)Nc3ccccc3-c3ccccc3)CC2)cc1. The van der Waals surface area contributed by atoms with Crippen LogP contribution in [0, 0.1) is 12.8 Å². The maximum Gasteiger partial charge on any atom is 0.238 e. The lowest BCUT2D eigenvalue weighted by molar-refractivity contribution is -0.117. The number of para-hydroxylation sites is 1. The number of benzene rings is 3. The molecule has 1 aliphatic heterocycles. The first-order valence-electron chi connectivity index (χ1n) is 10.9. The van der Waals surface area contributed by atoms with Crippen molar-refractivity contribution in [2.24, 2.45) is 5.92 Å². The van der Waals surface area contributed by atoms with Gasteiger partial charge in [-0.2, -0.15) is 0 Å². The van der Waals surface area contributed by atoms with E-state index in [9.17, 15) is 9.59 Å². The Kier molecular flexibility index (Phi) is 6.58. The van der Waals surface area contributed by atoms with Crippen LogP contribution in [0.3, 0.4) is 0 Å². The second-order valence-corrected chi connectivity index (χ2v) is 8.24. The van der Waals surface area contributed by atoms with Crippen LogP contribution in [-0.2, 0) is 4.79 Å². The number of piperidine rings is 1. The molecule has 3 aromatic carbocycles. The first-order chi connectivity index (χ1) is 15.1. The van der Waals surface area contributed by atoms with E-state index in [1.807, 2.05) is 85.8 Å². The predicted molar refractivity (Wildman–Crippen MR) is 125 cm³/mol. The van der Waals surface area contributed by atoms with E-state index in [-0.39, 0.29) is 17.6 Å². The number of carbonyl (C=O) groups is 2. The van der Waals surface area contributed by atoms with E-state index < -0.39 is 0 Å². The minimum Gasteiger partial charge on any atom is -0.324 e. The molecule has 1 fully saturated rings. The van der Waals surface area contributed by atoms with Gasteiger partial charge in [-0.05, 0) is 44.5 Å². The van der Waals surface area contributed by atoms with Crippen molar-refractivity contribution in [3.05, 3.63) is 90.0 Å². The van der Waals surface area contributed by atoms with E-state index in [2.05, 4.69) is 10.2 Å². The summed E-state index contributed by atoms with van der Waals surface area (Å²) in [5.74, 6) is 0.244. The molecule has 158 valence electrons. The Hall–Kier alpha value is -3.24. The van der Waals surface area contributed by atoms with Gasteiger partial charge in [0.2, 0.25) is 5.91 Å². The van der Waals surface area contributed by atoms with E-state index in [0.29, 0.717) is 6.54 Å². The van der Waals surface area contributed by atoms with Crippen LogP contribution in [0.25, 0.3) is 11.1 Å². The van der Waals surface area contributed by atoms with Gasteiger partial charge < -0.3 is 5.32 Å². The summed E-state index contributed by atoms with van der Waals surface area (Å²) in [5, 5.41) is 3.07. The predicted octanol–water partition coefficient (Wildman–Crippen LogP) is 5.20. The molecule has 0 spiro atoms. The van der Waals surface area contributed by atoms with Crippen molar-refractivity contribution < 1.29 is 9.59 Å². The molecule has 1 amide bonds. The Bertz CT molecular complexity index is 1040. The quantitative estimate of drug-likeness (QED) is 0.567. The number of amides is 1. The molecule has 4 nitrogen and oxygen atoms in total. The molecule has 1 heterocycles. The van der Waals surface area contributed by atoms with Gasteiger partial charge in [0.15, 0.2) is 5.78 Å². The zero-order chi connectivity index (χ0) is 21.6. The maximum atomic E-state index is 12.8. The number of Topliss-reactive ketones (excluding diaryl/α,β-unsaturated/α-hetero) is 1. The summed E-state index contributed by atoms with van der Waals surface area (Å²) in [6.45, 7) is 3.89. The van der Waals surface area contributed by atoms with Crippen LogP contribution in [0.1, 0.15) is 28.8 Å². The molecule has 0 bridgehead atoms. The first kappa shape index (κ1) is 21.0. The summed E-state index contributed by atoms with van der Waals surface area (Å²) in [6.07, 6.45) is 1.58. The minimum atomic E-state index is -0.0216. The summed E-state index contributed by atoms with van der Waals surface area (Å²) in [6, 6.07) is 25.7. The Labute approximate surface area is 183 Å². The third kappa shape index (κ3) is 5.28. The van der Waals surface area contributed by atoms with E-state index in [4.69, 9.17) is 0 Å². The zero-order valence-corrected chi connectivity index (χ0v) is 17.9. The van der Waals surface area contributed by atoms with Gasteiger partial charge in [0.05, 0.1) is 6.54 Å². The number of likely N-dealkylation sites (tertiary alicyclic amines) is 1. The Morgan fingerprint density at radius 1 is 0.871 bits per heavy atom. The van der Waals surface area contributed by atoms with E-state index in [1.165, 1.54) is 0 Å². The second-order valence-electron chi connectivity index (χ2n) is 8.24. The monoisotopic (exact) mass is 412 g/mol. The molecular weight excluding hydrogens is 384 g/mol. The summed E-state index contributed by atoms with van der Waals surface area (Å²) in [4.78, 5) is 27.6. The summed E-state index contributed by atoms with van der Waals surface area (Å²) in [5.41, 5.74) is 4.86. The highest BCUT2D eigenvalue weighted by atomic mass is 16.2. The van der Waals surface area contributed by atoms with E-state index in [1.54, 1.807) is 0 Å². The van der Waals surface area contributed by atoms with Crippen molar-refractivity contribution in [2.45, 2.75) is 19.8 Å². The normalized spacial score (nSPS) is 14.9. The largest absolute Gasteiger partial charge is 0.324 e. The van der Waals surface area contributed by atoms with Crippen molar-refractivity contribution >= 4 is 17.4 Å². The van der Waals surface area contributed by atoms with Crippen LogP contribution in [0.4, 0.5) is 5.69 Å². The van der Waals surface area contributed by atoms with Gasteiger partial charge in [0, 0.05) is 22.7 Å². The number of nitrogens with one attached hydrogen (secondary N) is 1. The Morgan fingerprint density at radius 3 is 2.23 bits per heavy atom. The highest BCUT2D eigenvalue weighted by Crippen LogP contribution is 2.28. The number of carbonyl (C=O) groups excluding carboxylic acids is 2. The lowest BCUT2D eigenvalue weighted by Gasteiger charge is -2.30. The topological polar surface area (TPSA) is 49.4 Å².